The van der Waals surface area contributed by atoms with E-state index in [0.717, 1.165) is 43.6 Å². The van der Waals surface area contributed by atoms with Crippen LogP contribution in [0.2, 0.25) is 0 Å². The number of amides is 4. The molecule has 55 heavy (non-hydrogen) atoms. The molecule has 6 aromatic carbocycles. The summed E-state index contributed by atoms with van der Waals surface area (Å²) < 4.78 is 0. The summed E-state index contributed by atoms with van der Waals surface area (Å²) in [7, 11) is 3.98. The number of hydrogen-bond donors (Lipinski definition) is 0. The summed E-state index contributed by atoms with van der Waals surface area (Å²) in [5.74, 6) is 5.90. The first-order valence-electron chi connectivity index (χ1n) is 19.4. The van der Waals surface area contributed by atoms with Crippen molar-refractivity contribution < 1.29 is 19.2 Å². The van der Waals surface area contributed by atoms with Gasteiger partial charge in [0.25, 0.3) is 23.6 Å². The molecule has 2 aliphatic heterocycles. The Morgan fingerprint density at radius 2 is 0.873 bits per heavy atom. The van der Waals surface area contributed by atoms with E-state index in [4.69, 9.17) is 0 Å². The monoisotopic (exact) mass is 729 g/mol. The summed E-state index contributed by atoms with van der Waals surface area (Å²) in [5.41, 5.74) is 4.46. The highest BCUT2D eigenvalue weighted by Gasteiger charge is 2.43. The predicted molar refractivity (Wildman–Crippen MR) is 222 cm³/mol. The molecule has 0 aromatic heterocycles. The lowest BCUT2D eigenvalue weighted by Gasteiger charge is -2.39. The van der Waals surface area contributed by atoms with E-state index in [2.05, 4.69) is 67.2 Å². The van der Waals surface area contributed by atoms with Crippen LogP contribution in [0, 0.1) is 35.5 Å². The third-order valence-electron chi connectivity index (χ3n) is 11.9. The highest BCUT2D eigenvalue weighted by atomic mass is 16.2. The summed E-state index contributed by atoms with van der Waals surface area (Å²) >= 11 is 0. The first-order chi connectivity index (χ1) is 26.1. The Morgan fingerprint density at radius 3 is 1.33 bits per heavy atom. The van der Waals surface area contributed by atoms with Crippen LogP contribution in [0.3, 0.4) is 0 Å². The average molecular weight is 730 g/mol. The van der Waals surface area contributed by atoms with Crippen molar-refractivity contribution in [1.82, 2.24) is 9.80 Å². The van der Waals surface area contributed by atoms with E-state index in [9.17, 15) is 19.2 Å². The van der Waals surface area contributed by atoms with Gasteiger partial charge in [0.05, 0.1) is 0 Å². The van der Waals surface area contributed by atoms with Crippen LogP contribution in [0.15, 0.2) is 66.7 Å². The molecule has 0 saturated carbocycles. The van der Waals surface area contributed by atoms with Crippen LogP contribution >= 0.6 is 0 Å². The van der Waals surface area contributed by atoms with Gasteiger partial charge in [-0.15, -0.1) is 0 Å². The summed E-state index contributed by atoms with van der Waals surface area (Å²) in [6, 6.07) is 20.7. The van der Waals surface area contributed by atoms with Crippen LogP contribution in [0.1, 0.15) is 108 Å². The molecule has 0 radical (unpaired) electrons. The molecule has 0 atom stereocenters. The molecule has 0 spiro atoms. The van der Waals surface area contributed by atoms with Gasteiger partial charge in [0.15, 0.2) is 0 Å². The second-order valence-corrected chi connectivity index (χ2v) is 16.9. The fourth-order valence-corrected chi connectivity index (χ4v) is 9.76. The molecule has 0 bridgehead atoms. The fourth-order valence-electron chi connectivity index (χ4n) is 9.76. The number of nitrogens with zero attached hydrogens (tertiary/aromatic N) is 3. The Kier molecular flexibility index (Phi) is 8.53. The third-order valence-corrected chi connectivity index (χ3v) is 11.9. The van der Waals surface area contributed by atoms with Gasteiger partial charge in [-0.1, -0.05) is 85.4 Å². The Hall–Kier alpha value is -5.74. The molecular weight excluding hydrogens is 683 g/mol. The molecular formula is C48H47N3O4. The van der Waals surface area contributed by atoms with Crippen molar-refractivity contribution in [3.63, 3.8) is 0 Å². The lowest BCUT2D eigenvalue weighted by Crippen LogP contribution is -2.51. The second-order valence-electron chi connectivity index (χ2n) is 16.9. The van der Waals surface area contributed by atoms with Crippen LogP contribution in [-0.2, 0) is 0 Å². The highest BCUT2D eigenvalue weighted by molar-refractivity contribution is 6.42. The minimum atomic E-state index is -0.316. The first-order valence-corrected chi connectivity index (χ1v) is 19.4. The third kappa shape index (κ3) is 5.25. The number of hydrogen-bond acceptors (Lipinski definition) is 5. The maximum absolute atomic E-state index is 14.7. The molecule has 278 valence electrons. The van der Waals surface area contributed by atoms with Gasteiger partial charge < -0.3 is 4.90 Å². The Labute approximate surface area is 322 Å². The van der Waals surface area contributed by atoms with Crippen LogP contribution in [0.25, 0.3) is 43.1 Å². The predicted octanol–water partition coefficient (Wildman–Crippen LogP) is 9.76. The number of anilines is 1. The molecule has 0 aliphatic carbocycles. The maximum atomic E-state index is 14.7. The van der Waals surface area contributed by atoms with Crippen molar-refractivity contribution in [3.8, 4) is 11.8 Å². The number of benzene rings is 6. The first kappa shape index (κ1) is 36.2. The van der Waals surface area contributed by atoms with Crippen molar-refractivity contribution in [3.05, 3.63) is 100 Å². The van der Waals surface area contributed by atoms with E-state index < -0.39 is 0 Å². The summed E-state index contributed by atoms with van der Waals surface area (Å²) in [5, 5.41) is 6.18. The standard InChI is InChI=1S/C48H47N3O4/c1-24(2)43(25(3)4)50-45(52)34-20-17-31-32-18-21-36-41-37(48(55)51(47(36)54)44(26(5)6)27(7)8)23-29(14-11-28-12-15-30(16-13-28)49(9)10)38(42(32)41)33-19-22-35(46(50)53)40(34)39(31)33/h12-13,15-27,43-44H,1-10H3. The topological polar surface area (TPSA) is 78.0 Å². The van der Waals surface area contributed by atoms with Crippen molar-refractivity contribution in [1.29, 1.82) is 0 Å². The molecule has 7 heteroatoms. The molecule has 6 aromatic rings. The van der Waals surface area contributed by atoms with Gasteiger partial charge in [0, 0.05) is 86.8 Å². The molecule has 0 unspecified atom stereocenters. The van der Waals surface area contributed by atoms with Gasteiger partial charge in [-0.3, -0.25) is 29.0 Å². The zero-order valence-corrected chi connectivity index (χ0v) is 33.3. The van der Waals surface area contributed by atoms with Gasteiger partial charge in [0.2, 0.25) is 0 Å². The number of rotatable bonds is 7. The van der Waals surface area contributed by atoms with Gasteiger partial charge in [-0.05, 0) is 93.7 Å². The number of carbonyl (C=O) groups excluding carboxylic acids is 4. The molecule has 2 heterocycles. The minimum absolute atomic E-state index is 0.0518. The molecule has 4 amide bonds. The van der Waals surface area contributed by atoms with Gasteiger partial charge in [-0.25, -0.2) is 0 Å². The lowest BCUT2D eigenvalue weighted by molar-refractivity contribution is 0.0423. The minimum Gasteiger partial charge on any atom is -0.378 e. The number of fused-ring (bicyclic) bond motifs is 2. The highest BCUT2D eigenvalue weighted by Crippen LogP contribution is 2.48. The zero-order valence-electron chi connectivity index (χ0n) is 33.3. The molecule has 0 N–H and O–H groups in total. The normalized spacial score (nSPS) is 14.5. The fraction of sp³-hybridized carbons (Fsp3) is 0.333. The summed E-state index contributed by atoms with van der Waals surface area (Å²) in [4.78, 5) is 63.0. The van der Waals surface area contributed by atoms with Crippen molar-refractivity contribution in [2.45, 2.75) is 67.5 Å². The summed E-state index contributed by atoms with van der Waals surface area (Å²) in [6.07, 6.45) is 0. The van der Waals surface area contributed by atoms with E-state index in [-0.39, 0.29) is 59.4 Å². The van der Waals surface area contributed by atoms with Crippen LogP contribution in [0.5, 0.6) is 0 Å². The SMILES string of the molecule is CC(C)C(C(C)C)N1C(=O)c2ccc3c4ccc5c6c(cc(C#Cc7ccc(N(C)C)cc7)c(c7ccc(c2c37)C1=O)c64)C(=O)N(C(C(C)C)C(C)C)C5=O. The Morgan fingerprint density at radius 1 is 0.455 bits per heavy atom. The van der Waals surface area contributed by atoms with Gasteiger partial charge >= 0.3 is 0 Å². The molecule has 2 aliphatic rings. The number of imide groups is 2. The molecule has 0 saturated heterocycles. The Bertz CT molecular complexity index is 2650. The lowest BCUT2D eigenvalue weighted by atomic mass is 9.79. The van der Waals surface area contributed by atoms with Crippen molar-refractivity contribution >= 4 is 72.4 Å². The van der Waals surface area contributed by atoms with E-state index in [1.165, 1.54) is 9.80 Å². The van der Waals surface area contributed by atoms with Gasteiger partial charge in [-0.2, -0.15) is 0 Å². The Balaban J connectivity index is 1.47. The van der Waals surface area contributed by atoms with E-state index >= 15 is 0 Å². The van der Waals surface area contributed by atoms with Crippen LogP contribution < -0.4 is 4.90 Å². The molecule has 8 rings (SSSR count). The average Bonchev–Trinajstić information content (AvgIpc) is 3.14. The smallest absolute Gasteiger partial charge is 0.261 e. The molecule has 0 fully saturated rings. The van der Waals surface area contributed by atoms with Crippen LogP contribution in [-0.4, -0.2) is 59.6 Å². The van der Waals surface area contributed by atoms with E-state index in [1.807, 2.05) is 85.7 Å². The largest absolute Gasteiger partial charge is 0.378 e. The van der Waals surface area contributed by atoms with Crippen LogP contribution in [0.4, 0.5) is 5.69 Å². The van der Waals surface area contributed by atoms with E-state index in [0.29, 0.717) is 38.6 Å². The number of carbonyl (C=O) groups is 4. The second kappa shape index (κ2) is 12.9. The van der Waals surface area contributed by atoms with Gasteiger partial charge in [0.1, 0.15) is 0 Å². The maximum Gasteiger partial charge on any atom is 0.261 e. The van der Waals surface area contributed by atoms with E-state index in [1.54, 1.807) is 0 Å². The summed E-state index contributed by atoms with van der Waals surface area (Å²) in [6.45, 7) is 16.4. The molecule has 7 nitrogen and oxygen atoms in total. The van der Waals surface area contributed by atoms with Crippen molar-refractivity contribution in [2.75, 3.05) is 19.0 Å². The quantitative estimate of drug-likeness (QED) is 0.0708. The zero-order chi connectivity index (χ0) is 39.4. The van der Waals surface area contributed by atoms with Crippen molar-refractivity contribution in [2.24, 2.45) is 23.7 Å².